The Hall–Kier alpha value is -4.81. The molecule has 1 unspecified atom stereocenters. The number of benzene rings is 1. The van der Waals surface area contributed by atoms with Gasteiger partial charge in [-0.1, -0.05) is 73.4 Å². The molecule has 0 bridgehead atoms. The molecule has 0 radical (unpaired) electrons. The van der Waals surface area contributed by atoms with Gasteiger partial charge in [-0.3, -0.25) is 34.3 Å². The number of thiazole rings is 1. The zero-order valence-electron chi connectivity index (χ0n) is 37.6. The summed E-state index contributed by atoms with van der Waals surface area (Å²) in [6, 6.07) is 3.93. The maximum Gasteiger partial charge on any atom is 0.426 e. The third-order valence-corrected chi connectivity index (χ3v) is 12.1. The lowest BCUT2D eigenvalue weighted by molar-refractivity contribution is -0.159. The summed E-state index contributed by atoms with van der Waals surface area (Å²) in [5, 5.41) is 29.2. The molecule has 6 N–H and O–H groups in total. The molecule has 2 heterocycles. The number of carbonyl (C=O) groups excluding carboxylic acids is 6. The molecule has 1 aromatic carbocycles. The van der Waals surface area contributed by atoms with E-state index in [4.69, 9.17) is 9.47 Å². The number of esters is 1. The Kier molecular flexibility index (Phi) is 21.6. The van der Waals surface area contributed by atoms with Crippen LogP contribution in [0.25, 0.3) is 0 Å². The number of rotatable bonds is 23. The van der Waals surface area contributed by atoms with Gasteiger partial charge in [0.15, 0.2) is 6.73 Å². The number of aromatic hydroxyl groups is 1. The third-order valence-electron chi connectivity index (χ3n) is 11.2. The lowest BCUT2D eigenvalue weighted by atomic mass is 9.92. The lowest BCUT2D eigenvalue weighted by Crippen LogP contribution is -2.59. The van der Waals surface area contributed by atoms with Gasteiger partial charge >= 0.3 is 12.1 Å². The first-order valence-corrected chi connectivity index (χ1v) is 22.8. The number of aromatic nitrogens is 1. The van der Waals surface area contributed by atoms with E-state index < -0.39 is 59.9 Å². The van der Waals surface area contributed by atoms with Crippen LogP contribution >= 0.6 is 11.3 Å². The van der Waals surface area contributed by atoms with Crippen LogP contribution in [-0.4, -0.2) is 112 Å². The third kappa shape index (κ3) is 16.1. The monoisotopic (exact) mass is 887 g/mol. The molecule has 0 saturated carbocycles. The van der Waals surface area contributed by atoms with Crippen LogP contribution in [0.15, 0.2) is 29.6 Å². The normalized spacial score (nSPS) is 17.1. The molecule has 7 atom stereocenters. The van der Waals surface area contributed by atoms with Gasteiger partial charge in [0, 0.05) is 36.2 Å². The highest BCUT2D eigenvalue weighted by Crippen LogP contribution is 2.29. The minimum Gasteiger partial charge on any atom is -0.508 e. The quantitative estimate of drug-likeness (QED) is 0.0494. The summed E-state index contributed by atoms with van der Waals surface area (Å²) in [6.07, 6.45) is 2.95. The molecular weight excluding hydrogens is 819 g/mol. The van der Waals surface area contributed by atoms with Gasteiger partial charge < -0.3 is 35.2 Å². The van der Waals surface area contributed by atoms with E-state index in [2.05, 4.69) is 26.5 Å². The molecule has 3 rings (SSSR count). The van der Waals surface area contributed by atoms with Crippen LogP contribution in [-0.2, 0) is 35.1 Å². The van der Waals surface area contributed by atoms with Crippen molar-refractivity contribution < 1.29 is 48.5 Å². The summed E-state index contributed by atoms with van der Waals surface area (Å²) in [5.41, 5.74) is 5.39. The SMILES string of the molecule is CCCOC(=O)NNC(=O)[C@@H](C)C[C@H](Cc1ccc(O)cc1)NC(=O)c1csc([C@H](O)C[C@H](C(C)C)N(COC(=O)CCC)C(=O)[C@@H](NC(=O)[C@H]2CCCCN2C)C(C)CC)n1. The Labute approximate surface area is 370 Å². The van der Waals surface area contributed by atoms with Crippen molar-refractivity contribution in [2.24, 2.45) is 17.8 Å². The van der Waals surface area contributed by atoms with E-state index in [1.165, 1.54) is 22.4 Å². The van der Waals surface area contributed by atoms with Crippen molar-refractivity contribution in [2.45, 2.75) is 143 Å². The summed E-state index contributed by atoms with van der Waals surface area (Å²) >= 11 is 1.07. The maximum atomic E-state index is 14.6. The van der Waals surface area contributed by atoms with Crippen LogP contribution in [0, 0.1) is 17.8 Å². The Morgan fingerprint density at radius 1 is 0.952 bits per heavy atom. The van der Waals surface area contributed by atoms with E-state index in [1.807, 2.05) is 53.5 Å². The Morgan fingerprint density at radius 2 is 1.66 bits per heavy atom. The predicted octanol–water partition coefficient (Wildman–Crippen LogP) is 4.98. The maximum absolute atomic E-state index is 14.6. The lowest BCUT2D eigenvalue weighted by Gasteiger charge is -2.39. The fourth-order valence-corrected chi connectivity index (χ4v) is 8.06. The zero-order valence-corrected chi connectivity index (χ0v) is 38.4. The number of piperidine rings is 1. The molecule has 1 aromatic heterocycles. The van der Waals surface area contributed by atoms with Crippen molar-refractivity contribution in [1.82, 2.24) is 36.3 Å². The van der Waals surface area contributed by atoms with E-state index in [0.29, 0.717) is 32.1 Å². The van der Waals surface area contributed by atoms with Crippen LogP contribution in [0.4, 0.5) is 4.79 Å². The molecule has 2 aromatic rings. The van der Waals surface area contributed by atoms with Crippen molar-refractivity contribution in [3.63, 3.8) is 0 Å². The van der Waals surface area contributed by atoms with E-state index in [9.17, 15) is 39.0 Å². The number of likely N-dealkylation sites (tertiary alicyclic amines) is 1. The largest absolute Gasteiger partial charge is 0.508 e. The summed E-state index contributed by atoms with van der Waals surface area (Å²) in [5.74, 6) is -3.26. The number of nitrogens with zero attached hydrogens (tertiary/aromatic N) is 3. The second-order valence-corrected chi connectivity index (χ2v) is 17.5. The number of aliphatic hydroxyl groups excluding tert-OH is 1. The fourth-order valence-electron chi connectivity index (χ4n) is 7.26. The molecule has 346 valence electrons. The van der Waals surface area contributed by atoms with Crippen LogP contribution in [0.5, 0.6) is 5.75 Å². The van der Waals surface area contributed by atoms with Crippen molar-refractivity contribution in [2.75, 3.05) is 26.9 Å². The van der Waals surface area contributed by atoms with Gasteiger partial charge in [0.1, 0.15) is 28.6 Å². The van der Waals surface area contributed by atoms with Gasteiger partial charge in [-0.25, -0.2) is 15.2 Å². The first-order chi connectivity index (χ1) is 29.5. The molecule has 1 aliphatic heterocycles. The predicted molar refractivity (Wildman–Crippen MR) is 234 cm³/mol. The number of likely N-dealkylation sites (N-methyl/N-ethyl adjacent to an activating group) is 1. The number of amides is 5. The van der Waals surface area contributed by atoms with Gasteiger partial charge in [-0.15, -0.1) is 11.3 Å². The van der Waals surface area contributed by atoms with Crippen molar-refractivity contribution in [3.05, 3.63) is 45.9 Å². The number of ether oxygens (including phenoxy) is 2. The summed E-state index contributed by atoms with van der Waals surface area (Å²) in [4.78, 5) is 87.3. The second-order valence-electron chi connectivity index (χ2n) is 16.6. The average molecular weight is 888 g/mol. The van der Waals surface area contributed by atoms with Gasteiger partial charge in [0.2, 0.25) is 17.7 Å². The number of hydrogen-bond acceptors (Lipinski definition) is 13. The highest BCUT2D eigenvalue weighted by Gasteiger charge is 2.38. The highest BCUT2D eigenvalue weighted by atomic mass is 32.1. The minimum atomic E-state index is -1.23. The van der Waals surface area contributed by atoms with E-state index in [0.717, 1.165) is 36.3 Å². The molecule has 0 spiro atoms. The van der Waals surface area contributed by atoms with Crippen molar-refractivity contribution >= 4 is 47.0 Å². The first-order valence-electron chi connectivity index (χ1n) is 21.9. The summed E-state index contributed by atoms with van der Waals surface area (Å²) in [7, 11) is 1.90. The smallest absolute Gasteiger partial charge is 0.426 e. The van der Waals surface area contributed by atoms with Crippen LogP contribution in [0.2, 0.25) is 0 Å². The van der Waals surface area contributed by atoms with Gasteiger partial charge in [0.05, 0.1) is 12.6 Å². The summed E-state index contributed by atoms with van der Waals surface area (Å²) in [6.45, 7) is 13.6. The number of carbonyl (C=O) groups is 6. The van der Waals surface area contributed by atoms with Crippen LogP contribution < -0.4 is 21.5 Å². The summed E-state index contributed by atoms with van der Waals surface area (Å²) < 4.78 is 10.6. The van der Waals surface area contributed by atoms with Gasteiger partial charge in [0.25, 0.3) is 5.91 Å². The first kappa shape index (κ1) is 51.5. The molecule has 1 fully saturated rings. The molecule has 1 aliphatic rings. The molecule has 5 amide bonds. The van der Waals surface area contributed by atoms with Crippen LogP contribution in [0.3, 0.4) is 0 Å². The highest BCUT2D eigenvalue weighted by molar-refractivity contribution is 7.09. The zero-order chi connectivity index (χ0) is 45.9. The number of phenolic OH excluding ortho intramolecular Hbond substituents is 1. The molecular formula is C44H69N7O10S. The van der Waals surface area contributed by atoms with Crippen LogP contribution in [0.1, 0.15) is 133 Å². The van der Waals surface area contributed by atoms with Crippen molar-refractivity contribution in [1.29, 1.82) is 0 Å². The van der Waals surface area contributed by atoms with E-state index in [-0.39, 0.29) is 72.8 Å². The number of nitrogens with one attached hydrogen (secondary N) is 4. The minimum absolute atomic E-state index is 0.00797. The number of hydrazine groups is 1. The Balaban J connectivity index is 1.83. The average Bonchev–Trinajstić information content (AvgIpc) is 3.75. The molecule has 0 aliphatic carbocycles. The number of phenols is 1. The molecule has 18 heteroatoms. The van der Waals surface area contributed by atoms with E-state index in [1.54, 1.807) is 19.1 Å². The Morgan fingerprint density at radius 3 is 2.29 bits per heavy atom. The number of hydrogen-bond donors (Lipinski definition) is 6. The molecule has 17 nitrogen and oxygen atoms in total. The Bertz CT molecular complexity index is 1760. The second kappa shape index (κ2) is 26.0. The standard InChI is InChI=1S/C44H69N7O10S/c1-9-14-37(54)61-26-51(43(58)38(28(6)11-3)47-41(57)34-15-12-13-20-50(34)8)35(27(4)5)24-36(53)42-46-33(25-62-42)40(56)45-31(23-30-16-18-32(52)19-17-30)22-29(7)39(55)48-49-44(59)60-21-10-2/h16-19,25,27-29,31,34-36,38,52-53H,9-15,20-24,26H2,1-8H3,(H,45,56)(H,47,57)(H,48,55)(H,49,59)/t28?,29-,31+,34+,35+,36+,38-/m0/s1. The fraction of sp³-hybridized carbons (Fsp3) is 0.659. The molecule has 1 saturated heterocycles. The van der Waals surface area contributed by atoms with E-state index >= 15 is 0 Å². The van der Waals surface area contributed by atoms with Gasteiger partial charge in [-0.05, 0) is 81.6 Å². The topological polar surface area (TPSA) is 229 Å². The van der Waals surface area contributed by atoms with Crippen molar-refractivity contribution in [3.8, 4) is 5.75 Å². The van der Waals surface area contributed by atoms with Gasteiger partial charge in [-0.2, -0.15) is 0 Å². The number of aliphatic hydroxyl groups is 1. The molecule has 62 heavy (non-hydrogen) atoms.